The number of benzene rings is 1. The van der Waals surface area contributed by atoms with Crippen LogP contribution in [0.2, 0.25) is 0 Å². The van der Waals surface area contributed by atoms with Crippen LogP contribution in [-0.2, 0) is 4.79 Å². The lowest BCUT2D eigenvalue weighted by Gasteiger charge is -2.16. The van der Waals surface area contributed by atoms with Crippen molar-refractivity contribution in [2.24, 2.45) is 0 Å². The largest absolute Gasteiger partial charge is 0.470 e. The number of nitriles is 1. The van der Waals surface area contributed by atoms with Crippen molar-refractivity contribution in [1.82, 2.24) is 19.9 Å². The van der Waals surface area contributed by atoms with Gasteiger partial charge >= 0.3 is 0 Å². The number of oxazole rings is 1. The summed E-state index contributed by atoms with van der Waals surface area (Å²) in [6, 6.07) is 9.44. The lowest BCUT2D eigenvalue weighted by Crippen LogP contribution is -2.32. The van der Waals surface area contributed by atoms with Crippen molar-refractivity contribution < 1.29 is 13.9 Å². The second-order valence-corrected chi connectivity index (χ2v) is 6.85. The highest BCUT2D eigenvalue weighted by Gasteiger charge is 2.28. The van der Waals surface area contributed by atoms with Gasteiger partial charge in [0.05, 0.1) is 12.3 Å². The van der Waals surface area contributed by atoms with Gasteiger partial charge in [0, 0.05) is 25.4 Å². The van der Waals surface area contributed by atoms with Gasteiger partial charge in [0.2, 0.25) is 11.6 Å². The van der Waals surface area contributed by atoms with E-state index in [4.69, 9.17) is 14.4 Å². The maximum atomic E-state index is 12.5. The minimum atomic E-state index is -0.202. The molecule has 136 valence electrons. The number of rotatable bonds is 5. The highest BCUT2D eigenvalue weighted by atomic mass is 32.2. The molecule has 0 saturated carbocycles. The highest BCUT2D eigenvalue weighted by molar-refractivity contribution is 7.99. The Hall–Kier alpha value is -3.12. The number of carbonyl (C=O) groups is 1. The van der Waals surface area contributed by atoms with Crippen LogP contribution in [0.1, 0.15) is 12.1 Å². The summed E-state index contributed by atoms with van der Waals surface area (Å²) < 4.78 is 11.4. The van der Waals surface area contributed by atoms with Crippen molar-refractivity contribution >= 4 is 28.8 Å². The molecular weight excluding hydrogens is 366 g/mol. The smallest absolute Gasteiger partial charge is 0.257 e. The number of hydrogen-bond donors (Lipinski definition) is 0. The van der Waals surface area contributed by atoms with E-state index in [0.29, 0.717) is 30.3 Å². The fraction of sp³-hybridized carbons (Fsp3) is 0.278. The summed E-state index contributed by atoms with van der Waals surface area (Å²) >= 11 is 1.28. The monoisotopic (exact) mass is 381 g/mol. The normalized spacial score (nSPS) is 16.4. The number of aromatic nitrogens is 3. The molecular formula is C18H15N5O3S. The molecule has 1 saturated heterocycles. The molecule has 3 heterocycles. The van der Waals surface area contributed by atoms with E-state index >= 15 is 0 Å². The molecule has 0 bridgehead atoms. The second kappa shape index (κ2) is 7.63. The summed E-state index contributed by atoms with van der Waals surface area (Å²) in [6.07, 6.45) is 3.40. The zero-order valence-electron chi connectivity index (χ0n) is 14.2. The predicted octanol–water partition coefficient (Wildman–Crippen LogP) is 2.26. The van der Waals surface area contributed by atoms with E-state index in [-0.39, 0.29) is 29.3 Å². The molecule has 1 aliphatic heterocycles. The number of amides is 1. The molecule has 0 radical (unpaired) electrons. The Labute approximate surface area is 159 Å². The van der Waals surface area contributed by atoms with E-state index in [2.05, 4.69) is 15.0 Å². The molecule has 1 aromatic carbocycles. The number of thioether (sulfide) groups is 1. The van der Waals surface area contributed by atoms with Gasteiger partial charge in [-0.1, -0.05) is 23.9 Å². The molecule has 3 aromatic rings. The first kappa shape index (κ1) is 17.3. The van der Waals surface area contributed by atoms with E-state index in [1.165, 1.54) is 24.2 Å². The molecule has 1 atom stereocenters. The molecule has 4 rings (SSSR count). The number of para-hydroxylation sites is 2. The Morgan fingerprint density at radius 1 is 1.37 bits per heavy atom. The van der Waals surface area contributed by atoms with Crippen LogP contribution in [0.4, 0.5) is 0 Å². The Morgan fingerprint density at radius 3 is 3.07 bits per heavy atom. The van der Waals surface area contributed by atoms with E-state index < -0.39 is 0 Å². The molecule has 2 aromatic heterocycles. The fourth-order valence-electron chi connectivity index (χ4n) is 2.82. The SMILES string of the molecule is N#Cc1nccnc1OC1CCN(C(=O)CSc2nc3ccccc3o2)C1. The van der Waals surface area contributed by atoms with Crippen LogP contribution < -0.4 is 4.74 Å². The number of hydrogen-bond acceptors (Lipinski definition) is 8. The second-order valence-electron chi connectivity index (χ2n) is 5.93. The standard InChI is InChI=1S/C18H15N5O3S/c19-9-14-17(21-7-6-20-14)25-12-5-8-23(10-12)16(24)11-27-18-22-13-3-1-2-4-15(13)26-18/h1-4,6-7,12H,5,8,10-11H2. The minimum Gasteiger partial charge on any atom is -0.470 e. The zero-order chi connectivity index (χ0) is 18.6. The predicted molar refractivity (Wildman–Crippen MR) is 97.1 cm³/mol. The van der Waals surface area contributed by atoms with Crippen LogP contribution in [0.15, 0.2) is 46.3 Å². The van der Waals surface area contributed by atoms with Crippen molar-refractivity contribution in [3.05, 3.63) is 42.4 Å². The van der Waals surface area contributed by atoms with Gasteiger partial charge in [0.15, 0.2) is 5.58 Å². The topological polar surface area (TPSA) is 105 Å². The number of likely N-dealkylation sites (tertiary alicyclic amines) is 1. The van der Waals surface area contributed by atoms with Crippen LogP contribution in [0.25, 0.3) is 11.1 Å². The number of carbonyl (C=O) groups excluding carboxylic acids is 1. The highest BCUT2D eigenvalue weighted by Crippen LogP contribution is 2.24. The summed E-state index contributed by atoms with van der Waals surface area (Å²) in [5, 5.41) is 9.53. The summed E-state index contributed by atoms with van der Waals surface area (Å²) in [7, 11) is 0. The van der Waals surface area contributed by atoms with Crippen molar-refractivity contribution in [3.63, 3.8) is 0 Å². The number of fused-ring (bicyclic) bond motifs is 1. The third kappa shape index (κ3) is 3.85. The number of nitrogens with zero attached hydrogens (tertiary/aromatic N) is 5. The van der Waals surface area contributed by atoms with Crippen LogP contribution in [0.3, 0.4) is 0 Å². The van der Waals surface area contributed by atoms with E-state index in [1.807, 2.05) is 30.3 Å². The van der Waals surface area contributed by atoms with Gasteiger partial charge in [-0.3, -0.25) is 4.79 Å². The van der Waals surface area contributed by atoms with Gasteiger partial charge in [-0.05, 0) is 12.1 Å². The van der Waals surface area contributed by atoms with Crippen LogP contribution >= 0.6 is 11.8 Å². The molecule has 1 amide bonds. The lowest BCUT2D eigenvalue weighted by molar-refractivity contribution is -0.127. The molecule has 9 heteroatoms. The average Bonchev–Trinajstić information content (AvgIpc) is 3.33. The molecule has 1 aliphatic rings. The summed E-state index contributed by atoms with van der Waals surface area (Å²) in [6.45, 7) is 1.05. The molecule has 0 N–H and O–H groups in total. The van der Waals surface area contributed by atoms with Crippen molar-refractivity contribution in [2.75, 3.05) is 18.8 Å². The maximum absolute atomic E-state index is 12.5. The lowest BCUT2D eigenvalue weighted by atomic mass is 10.3. The van der Waals surface area contributed by atoms with Crippen molar-refractivity contribution in [1.29, 1.82) is 5.26 Å². The first-order valence-electron chi connectivity index (χ1n) is 8.37. The van der Waals surface area contributed by atoms with E-state index in [9.17, 15) is 4.79 Å². The van der Waals surface area contributed by atoms with E-state index in [1.54, 1.807) is 4.90 Å². The van der Waals surface area contributed by atoms with Crippen molar-refractivity contribution in [3.8, 4) is 11.9 Å². The van der Waals surface area contributed by atoms with Gasteiger partial charge < -0.3 is 14.1 Å². The Bertz CT molecular complexity index is 982. The first-order valence-corrected chi connectivity index (χ1v) is 9.35. The molecule has 1 fully saturated rings. The minimum absolute atomic E-state index is 0.00647. The summed E-state index contributed by atoms with van der Waals surface area (Å²) in [5.74, 6) is 0.446. The van der Waals surface area contributed by atoms with Crippen molar-refractivity contribution in [2.45, 2.75) is 17.7 Å². The Balaban J connectivity index is 1.32. The summed E-state index contributed by atoms with van der Waals surface area (Å²) in [4.78, 5) is 26.5. The maximum Gasteiger partial charge on any atom is 0.257 e. The van der Waals surface area contributed by atoms with Crippen LogP contribution in [0, 0.1) is 11.3 Å². The fourth-order valence-corrected chi connectivity index (χ4v) is 3.57. The number of ether oxygens (including phenoxy) is 1. The third-order valence-corrected chi connectivity index (χ3v) is 4.95. The van der Waals surface area contributed by atoms with Gasteiger partial charge in [-0.2, -0.15) is 5.26 Å². The molecule has 27 heavy (non-hydrogen) atoms. The van der Waals surface area contributed by atoms with Crippen LogP contribution in [0.5, 0.6) is 5.88 Å². The molecule has 0 aliphatic carbocycles. The quantitative estimate of drug-likeness (QED) is 0.620. The Morgan fingerprint density at radius 2 is 2.22 bits per heavy atom. The first-order chi connectivity index (χ1) is 13.2. The van der Waals surface area contributed by atoms with Gasteiger partial charge in [-0.15, -0.1) is 0 Å². The van der Waals surface area contributed by atoms with Gasteiger partial charge in [0.25, 0.3) is 11.1 Å². The third-order valence-electron chi connectivity index (χ3n) is 4.14. The molecule has 8 nitrogen and oxygen atoms in total. The van der Waals surface area contributed by atoms with Gasteiger partial charge in [-0.25, -0.2) is 15.0 Å². The van der Waals surface area contributed by atoms with Gasteiger partial charge in [0.1, 0.15) is 17.7 Å². The summed E-state index contributed by atoms with van der Waals surface area (Å²) in [5.41, 5.74) is 1.63. The Kier molecular flexibility index (Phi) is 4.89. The van der Waals surface area contributed by atoms with Crippen LogP contribution in [-0.4, -0.2) is 50.7 Å². The molecule has 0 spiro atoms. The zero-order valence-corrected chi connectivity index (χ0v) is 15.1. The average molecular weight is 381 g/mol. The van der Waals surface area contributed by atoms with E-state index in [0.717, 1.165) is 5.52 Å². The molecule has 1 unspecified atom stereocenters.